The molecule has 0 aliphatic carbocycles. The molecule has 2 saturated heterocycles. The Balaban J connectivity index is 1.50. The molecule has 236 valence electrons. The first kappa shape index (κ1) is 34.4. The van der Waals surface area contributed by atoms with Crippen LogP contribution in [0.15, 0.2) is 36.4 Å². The highest BCUT2D eigenvalue weighted by molar-refractivity contribution is 6.58. The topological polar surface area (TPSA) is 194 Å². The summed E-state index contributed by atoms with van der Waals surface area (Å²) in [6.45, 7) is -0.853. The first-order valence-electron chi connectivity index (χ1n) is 14.5. The van der Waals surface area contributed by atoms with Crippen molar-refractivity contribution in [2.75, 3.05) is 19.8 Å². The van der Waals surface area contributed by atoms with Crippen LogP contribution in [0.4, 0.5) is 0 Å². The van der Waals surface area contributed by atoms with Crippen molar-refractivity contribution >= 4 is 45.3 Å². The summed E-state index contributed by atoms with van der Waals surface area (Å²) in [5.74, 6) is 11.4. The lowest BCUT2D eigenvalue weighted by atomic mass is 9.52. The molecule has 0 unspecified atom stereocenters. The number of rotatable bonds is 6. The highest BCUT2D eigenvalue weighted by Crippen LogP contribution is 2.31. The lowest BCUT2D eigenvalue weighted by Gasteiger charge is -2.37. The average Bonchev–Trinajstić information content (AvgIpc) is 3.33. The molecular formula is C31H32B3NO11. The fraction of sp³-hybridized carbons (Fsp3) is 0.484. The molecule has 15 heteroatoms. The van der Waals surface area contributed by atoms with Gasteiger partial charge in [0.05, 0.1) is 54.4 Å². The second-order valence-electron chi connectivity index (χ2n) is 11.4. The van der Waals surface area contributed by atoms with E-state index in [0.29, 0.717) is 11.1 Å². The maximum atomic E-state index is 10.4. The number of ether oxygens (including phenoxy) is 3. The number of hydrogen-bond acceptors (Lipinski definition) is 11. The van der Waals surface area contributed by atoms with Crippen LogP contribution >= 0.6 is 0 Å². The van der Waals surface area contributed by atoms with Crippen LogP contribution in [0, 0.1) is 23.7 Å². The SMILES string of the molecule is [B]C([B])([B])OCCn1c2cc(C#C[C@H]3O[C@H](CO)[C@@H](O)[C@H](O)[C@@H]3O)ccc2c2ccc(C#C[C@H]3O[C@H](CO)[C@@H](O)[C@H](O)[C@@H]3O)cc21. The summed E-state index contributed by atoms with van der Waals surface area (Å²) in [6, 6.07) is 10.8. The lowest BCUT2D eigenvalue weighted by Crippen LogP contribution is -2.58. The summed E-state index contributed by atoms with van der Waals surface area (Å²) in [5, 5.41) is 79.7. The Kier molecular flexibility index (Phi) is 10.5. The smallest absolute Gasteiger partial charge is 0.147 e. The van der Waals surface area contributed by atoms with Gasteiger partial charge in [-0.1, -0.05) is 35.8 Å². The molecule has 2 fully saturated rings. The highest BCUT2D eigenvalue weighted by atomic mass is 16.6. The number of aromatic nitrogens is 1. The van der Waals surface area contributed by atoms with E-state index in [2.05, 4.69) is 23.7 Å². The van der Waals surface area contributed by atoms with E-state index in [1.807, 2.05) is 16.7 Å². The second-order valence-corrected chi connectivity index (χ2v) is 11.4. The van der Waals surface area contributed by atoms with Gasteiger partial charge in [-0.15, -0.1) is 0 Å². The fourth-order valence-electron chi connectivity index (χ4n) is 5.56. The van der Waals surface area contributed by atoms with Crippen molar-refractivity contribution < 1.29 is 55.1 Å². The van der Waals surface area contributed by atoms with Crippen LogP contribution in [-0.4, -0.2) is 155 Å². The standard InChI is InChI=1S/C31H32B3NO11/c32-31(33,34)44-10-9-35-19-11-15(3-7-21-25(38)29(42)27(40)23(13-36)45-21)1-5-17(19)18-6-2-16(12-20(18)35)4-8-22-26(39)30(43)28(41)24(14-37)46-22/h1-2,5-6,11-12,21-30,36-43H,9-10,13-14H2/t21-,22-,23-,24-,25-,26-,27-,28-,29-,30-/m1/s1. The minimum atomic E-state index is -1.86. The van der Waals surface area contributed by atoms with Crippen LogP contribution in [0.2, 0.25) is 0 Å². The third-order valence-electron chi connectivity index (χ3n) is 8.04. The highest BCUT2D eigenvalue weighted by Gasteiger charge is 2.43. The summed E-state index contributed by atoms with van der Waals surface area (Å²) < 4.78 is 18.2. The number of benzene rings is 2. The Morgan fingerprint density at radius 3 is 1.50 bits per heavy atom. The van der Waals surface area contributed by atoms with Crippen LogP contribution in [-0.2, 0) is 20.8 Å². The monoisotopic (exact) mass is 627 g/mol. The second kappa shape index (κ2) is 14.1. The van der Waals surface area contributed by atoms with Gasteiger partial charge in [-0.3, -0.25) is 0 Å². The van der Waals surface area contributed by atoms with Gasteiger partial charge in [0.2, 0.25) is 0 Å². The van der Waals surface area contributed by atoms with Crippen molar-refractivity contribution in [3.8, 4) is 23.7 Å². The van der Waals surface area contributed by atoms with Crippen LogP contribution in [0.1, 0.15) is 11.1 Å². The minimum absolute atomic E-state index is 0.0317. The molecule has 2 aromatic carbocycles. The first-order valence-corrected chi connectivity index (χ1v) is 14.5. The first-order chi connectivity index (χ1) is 21.8. The summed E-state index contributed by atoms with van der Waals surface area (Å²) >= 11 is 0. The van der Waals surface area contributed by atoms with Crippen molar-refractivity contribution in [1.29, 1.82) is 0 Å². The van der Waals surface area contributed by atoms with Crippen molar-refractivity contribution in [3.63, 3.8) is 0 Å². The molecule has 0 spiro atoms. The van der Waals surface area contributed by atoms with Gasteiger partial charge in [0.25, 0.3) is 0 Å². The van der Waals surface area contributed by atoms with Crippen LogP contribution in [0.3, 0.4) is 0 Å². The molecule has 2 aliphatic heterocycles. The van der Waals surface area contributed by atoms with Gasteiger partial charge in [-0.2, -0.15) is 0 Å². The summed E-state index contributed by atoms with van der Waals surface area (Å²) in [6.07, 6.45) is -13.6. The van der Waals surface area contributed by atoms with Gasteiger partial charge >= 0.3 is 0 Å². The van der Waals surface area contributed by atoms with Gasteiger partial charge in [0.1, 0.15) is 61.0 Å². The van der Waals surface area contributed by atoms with E-state index < -0.39 is 79.6 Å². The number of nitrogens with zero attached hydrogens (tertiary/aromatic N) is 1. The predicted molar refractivity (Wildman–Crippen MR) is 167 cm³/mol. The van der Waals surface area contributed by atoms with Crippen molar-refractivity contribution in [2.24, 2.45) is 0 Å². The number of aliphatic hydroxyl groups excluding tert-OH is 8. The van der Waals surface area contributed by atoms with E-state index in [-0.39, 0.29) is 13.2 Å². The third kappa shape index (κ3) is 7.16. The summed E-state index contributed by atoms with van der Waals surface area (Å²) in [4.78, 5) is 0. The molecule has 12 nitrogen and oxygen atoms in total. The molecule has 3 heterocycles. The Labute approximate surface area is 268 Å². The normalized spacial score (nSPS) is 31.7. The van der Waals surface area contributed by atoms with Gasteiger partial charge in [0.15, 0.2) is 0 Å². The minimum Gasteiger partial charge on any atom is -0.401 e. The molecule has 8 N–H and O–H groups in total. The molecule has 2 aliphatic rings. The van der Waals surface area contributed by atoms with Gasteiger partial charge in [0, 0.05) is 28.4 Å². The average molecular weight is 627 g/mol. The van der Waals surface area contributed by atoms with Crippen LogP contribution in [0.25, 0.3) is 21.8 Å². The fourth-order valence-corrected chi connectivity index (χ4v) is 5.56. The summed E-state index contributed by atoms with van der Waals surface area (Å²) in [7, 11) is 16.8. The molecule has 10 atom stereocenters. The van der Waals surface area contributed by atoms with E-state index in [0.717, 1.165) is 21.8 Å². The Bertz CT molecular complexity index is 1560. The zero-order valence-corrected chi connectivity index (χ0v) is 24.5. The zero-order valence-electron chi connectivity index (χ0n) is 24.5. The van der Waals surface area contributed by atoms with Crippen molar-refractivity contribution in [2.45, 2.75) is 72.9 Å². The molecule has 3 aromatic rings. The lowest BCUT2D eigenvalue weighted by molar-refractivity contribution is -0.214. The van der Waals surface area contributed by atoms with E-state index in [1.165, 1.54) is 0 Å². The largest absolute Gasteiger partial charge is 0.401 e. The molecular weight excluding hydrogens is 595 g/mol. The van der Waals surface area contributed by atoms with Crippen LogP contribution in [0.5, 0.6) is 0 Å². The van der Waals surface area contributed by atoms with E-state index in [4.69, 9.17) is 37.7 Å². The summed E-state index contributed by atoms with van der Waals surface area (Å²) in [5.41, 5.74) is 2.52. The quantitative estimate of drug-likeness (QED) is 0.0992. The molecule has 0 bridgehead atoms. The van der Waals surface area contributed by atoms with E-state index in [1.54, 1.807) is 24.3 Å². The zero-order chi connectivity index (χ0) is 33.3. The molecule has 6 radical (unpaired) electrons. The van der Waals surface area contributed by atoms with Crippen molar-refractivity contribution in [3.05, 3.63) is 47.5 Å². The molecule has 5 rings (SSSR count). The van der Waals surface area contributed by atoms with Gasteiger partial charge < -0.3 is 59.6 Å². The van der Waals surface area contributed by atoms with Gasteiger partial charge in [-0.25, -0.2) is 0 Å². The molecule has 46 heavy (non-hydrogen) atoms. The van der Waals surface area contributed by atoms with E-state index >= 15 is 0 Å². The molecule has 1 aromatic heterocycles. The molecule has 0 saturated carbocycles. The number of hydrogen-bond donors (Lipinski definition) is 8. The third-order valence-corrected chi connectivity index (χ3v) is 8.04. The van der Waals surface area contributed by atoms with E-state index in [9.17, 15) is 40.9 Å². The maximum Gasteiger partial charge on any atom is 0.147 e. The Morgan fingerprint density at radius 1 is 0.674 bits per heavy atom. The van der Waals surface area contributed by atoms with Crippen LogP contribution < -0.4 is 0 Å². The maximum absolute atomic E-state index is 10.4. The number of aliphatic hydroxyl groups is 8. The van der Waals surface area contributed by atoms with Crippen molar-refractivity contribution in [1.82, 2.24) is 4.57 Å². The Morgan fingerprint density at radius 2 is 1.11 bits per heavy atom. The molecule has 0 amide bonds. The Hall–Kier alpha value is -2.89. The predicted octanol–water partition coefficient (Wildman–Crippen LogP) is -3.68. The number of fused-ring (bicyclic) bond motifs is 3. The van der Waals surface area contributed by atoms with Gasteiger partial charge in [-0.05, 0) is 29.6 Å².